The second kappa shape index (κ2) is 5.97. The van der Waals surface area contributed by atoms with E-state index in [1.807, 2.05) is 26.8 Å². The second-order valence-electron chi connectivity index (χ2n) is 5.79. The average Bonchev–Trinajstić information content (AvgIpc) is 2.23. The normalized spacial score (nSPS) is 15.6. The number of aromatic nitrogens is 1. The number of hydrogen-bond acceptors (Lipinski definition) is 4. The van der Waals surface area contributed by atoms with Gasteiger partial charge < -0.3 is 14.8 Å². The number of hydrogen-bond donors (Lipinski definition) is 1. The Balaban J connectivity index is 1.91. The quantitative estimate of drug-likeness (QED) is 0.932. The van der Waals surface area contributed by atoms with E-state index in [2.05, 4.69) is 10.3 Å². The van der Waals surface area contributed by atoms with Gasteiger partial charge in [-0.2, -0.15) is 0 Å². The summed E-state index contributed by atoms with van der Waals surface area (Å²) in [6.45, 7) is 7.12. The van der Waals surface area contributed by atoms with Crippen LogP contribution in [0.5, 0.6) is 0 Å². The Hall–Kier alpha value is -1.33. The van der Waals surface area contributed by atoms with E-state index in [1.54, 1.807) is 6.20 Å². The second-order valence-corrected chi connectivity index (χ2v) is 6.19. The van der Waals surface area contributed by atoms with Crippen molar-refractivity contribution in [2.24, 2.45) is 0 Å². The SMILES string of the molecule is CC(C)(C)OC(=O)NCc1ncc(C2COC2)cc1Cl. The van der Waals surface area contributed by atoms with Gasteiger partial charge in [-0.25, -0.2) is 4.79 Å². The van der Waals surface area contributed by atoms with E-state index in [0.29, 0.717) is 29.8 Å². The van der Waals surface area contributed by atoms with E-state index in [0.717, 1.165) is 5.56 Å². The number of carbonyl (C=O) groups excluding carboxylic acids is 1. The molecule has 0 atom stereocenters. The lowest BCUT2D eigenvalue weighted by Gasteiger charge is -2.26. The minimum Gasteiger partial charge on any atom is -0.444 e. The molecule has 0 aromatic carbocycles. The third kappa shape index (κ3) is 4.08. The molecule has 0 bridgehead atoms. The van der Waals surface area contributed by atoms with Crippen LogP contribution in [-0.2, 0) is 16.0 Å². The highest BCUT2D eigenvalue weighted by Gasteiger charge is 2.22. The molecule has 0 spiro atoms. The van der Waals surface area contributed by atoms with Crippen molar-refractivity contribution in [2.45, 2.75) is 38.8 Å². The summed E-state index contributed by atoms with van der Waals surface area (Å²) >= 11 is 6.18. The molecule has 20 heavy (non-hydrogen) atoms. The van der Waals surface area contributed by atoms with Gasteiger partial charge >= 0.3 is 6.09 Å². The average molecular weight is 299 g/mol. The molecule has 2 rings (SSSR count). The molecular weight excluding hydrogens is 280 g/mol. The van der Waals surface area contributed by atoms with Crippen LogP contribution in [0, 0.1) is 0 Å². The maximum absolute atomic E-state index is 11.6. The van der Waals surface area contributed by atoms with Gasteiger partial charge in [0.05, 0.1) is 30.5 Å². The molecule has 110 valence electrons. The molecule has 6 heteroatoms. The molecule has 5 nitrogen and oxygen atoms in total. The fraction of sp³-hybridized carbons (Fsp3) is 0.571. The summed E-state index contributed by atoms with van der Waals surface area (Å²) < 4.78 is 10.3. The maximum atomic E-state index is 11.6. The summed E-state index contributed by atoms with van der Waals surface area (Å²) in [6.07, 6.45) is 1.30. The predicted molar refractivity (Wildman–Crippen MR) is 75.9 cm³/mol. The van der Waals surface area contributed by atoms with Crippen molar-refractivity contribution in [1.82, 2.24) is 10.3 Å². The number of ether oxygens (including phenoxy) is 2. The van der Waals surface area contributed by atoms with Crippen molar-refractivity contribution >= 4 is 17.7 Å². The van der Waals surface area contributed by atoms with Gasteiger partial charge in [0, 0.05) is 12.1 Å². The number of nitrogens with one attached hydrogen (secondary N) is 1. The summed E-state index contributed by atoms with van der Waals surface area (Å²) in [5.41, 5.74) is 1.18. The first kappa shape index (κ1) is 15.1. The number of alkyl carbamates (subject to hydrolysis) is 1. The van der Waals surface area contributed by atoms with Crippen molar-refractivity contribution in [3.05, 3.63) is 28.5 Å². The first-order valence-corrected chi connectivity index (χ1v) is 6.92. The van der Waals surface area contributed by atoms with Crippen LogP contribution in [0.4, 0.5) is 4.79 Å². The molecule has 0 unspecified atom stereocenters. The largest absolute Gasteiger partial charge is 0.444 e. The molecule has 2 heterocycles. The van der Waals surface area contributed by atoms with E-state index in [-0.39, 0.29) is 6.54 Å². The molecule has 0 saturated carbocycles. The van der Waals surface area contributed by atoms with E-state index < -0.39 is 11.7 Å². The lowest BCUT2D eigenvalue weighted by atomic mass is 9.99. The first-order valence-electron chi connectivity index (χ1n) is 6.54. The Bertz CT molecular complexity index is 496. The minimum atomic E-state index is -0.518. The molecule has 1 aromatic heterocycles. The van der Waals surface area contributed by atoms with E-state index in [4.69, 9.17) is 21.1 Å². The fourth-order valence-electron chi connectivity index (χ4n) is 1.73. The number of rotatable bonds is 3. The fourth-order valence-corrected chi connectivity index (χ4v) is 1.97. The van der Waals surface area contributed by atoms with Crippen LogP contribution in [0.1, 0.15) is 37.9 Å². The van der Waals surface area contributed by atoms with Crippen molar-refractivity contribution in [3.8, 4) is 0 Å². The number of halogens is 1. The molecule has 1 aliphatic rings. The lowest BCUT2D eigenvalue weighted by Crippen LogP contribution is -2.32. The molecule has 0 aliphatic carbocycles. The Kier molecular flexibility index (Phi) is 4.50. The molecule has 1 fully saturated rings. The van der Waals surface area contributed by atoms with E-state index in [9.17, 15) is 4.79 Å². The Morgan fingerprint density at radius 1 is 1.55 bits per heavy atom. The van der Waals surface area contributed by atoms with Gasteiger partial charge in [-0.3, -0.25) is 4.98 Å². The summed E-state index contributed by atoms with van der Waals surface area (Å²) in [6, 6.07) is 1.88. The Labute approximate surface area is 123 Å². The molecule has 0 radical (unpaired) electrons. The van der Waals surface area contributed by atoms with Gasteiger partial charge in [0.25, 0.3) is 0 Å². The molecule has 1 N–H and O–H groups in total. The monoisotopic (exact) mass is 298 g/mol. The Morgan fingerprint density at radius 3 is 2.75 bits per heavy atom. The topological polar surface area (TPSA) is 60.5 Å². The van der Waals surface area contributed by atoms with Crippen LogP contribution >= 0.6 is 11.6 Å². The van der Waals surface area contributed by atoms with Gasteiger partial charge in [-0.05, 0) is 32.4 Å². The third-order valence-corrected chi connectivity index (χ3v) is 3.17. The van der Waals surface area contributed by atoms with Gasteiger partial charge in [0.2, 0.25) is 0 Å². The summed E-state index contributed by atoms with van der Waals surface area (Å²) in [5, 5.41) is 3.19. The third-order valence-electron chi connectivity index (χ3n) is 2.85. The minimum absolute atomic E-state index is 0.245. The molecule has 1 aromatic rings. The van der Waals surface area contributed by atoms with Gasteiger partial charge in [0.15, 0.2) is 0 Å². The first-order chi connectivity index (χ1) is 9.35. The smallest absolute Gasteiger partial charge is 0.407 e. The number of pyridine rings is 1. The highest BCUT2D eigenvalue weighted by atomic mass is 35.5. The van der Waals surface area contributed by atoms with E-state index >= 15 is 0 Å². The number of nitrogens with zero attached hydrogens (tertiary/aromatic N) is 1. The molecule has 1 saturated heterocycles. The Morgan fingerprint density at radius 2 is 2.25 bits per heavy atom. The van der Waals surface area contributed by atoms with Crippen molar-refractivity contribution in [1.29, 1.82) is 0 Å². The van der Waals surface area contributed by atoms with Crippen LogP contribution in [0.15, 0.2) is 12.3 Å². The molecule has 1 aliphatic heterocycles. The van der Waals surface area contributed by atoms with Crippen molar-refractivity contribution in [2.75, 3.05) is 13.2 Å². The van der Waals surface area contributed by atoms with Crippen LogP contribution in [-0.4, -0.2) is 29.9 Å². The van der Waals surface area contributed by atoms with Crippen LogP contribution < -0.4 is 5.32 Å². The van der Waals surface area contributed by atoms with Crippen LogP contribution in [0.2, 0.25) is 5.02 Å². The van der Waals surface area contributed by atoms with Crippen LogP contribution in [0.25, 0.3) is 0 Å². The number of carbonyl (C=O) groups is 1. The predicted octanol–water partition coefficient (Wildman–Crippen LogP) is 2.87. The highest BCUT2D eigenvalue weighted by Crippen LogP contribution is 2.26. The molecule has 1 amide bonds. The van der Waals surface area contributed by atoms with Gasteiger partial charge in [-0.15, -0.1) is 0 Å². The van der Waals surface area contributed by atoms with Gasteiger partial charge in [-0.1, -0.05) is 11.6 Å². The zero-order chi connectivity index (χ0) is 14.8. The maximum Gasteiger partial charge on any atom is 0.407 e. The van der Waals surface area contributed by atoms with E-state index in [1.165, 1.54) is 0 Å². The van der Waals surface area contributed by atoms with Crippen molar-refractivity contribution < 1.29 is 14.3 Å². The lowest BCUT2D eigenvalue weighted by molar-refractivity contribution is 0.00828. The summed E-state index contributed by atoms with van der Waals surface area (Å²) in [5.74, 6) is 0.382. The standard InChI is InChI=1S/C14H19ClN2O3/c1-14(2,3)20-13(18)17-6-12-11(15)4-9(5-16-12)10-7-19-8-10/h4-5,10H,6-8H2,1-3H3,(H,17,18). The molecular formula is C14H19ClN2O3. The summed E-state index contributed by atoms with van der Waals surface area (Å²) in [4.78, 5) is 15.8. The van der Waals surface area contributed by atoms with Crippen molar-refractivity contribution in [3.63, 3.8) is 0 Å². The summed E-state index contributed by atoms with van der Waals surface area (Å²) in [7, 11) is 0. The number of amides is 1. The highest BCUT2D eigenvalue weighted by molar-refractivity contribution is 6.31. The zero-order valence-electron chi connectivity index (χ0n) is 11.9. The van der Waals surface area contributed by atoms with Crippen LogP contribution in [0.3, 0.4) is 0 Å². The zero-order valence-corrected chi connectivity index (χ0v) is 12.7. The van der Waals surface area contributed by atoms with Gasteiger partial charge in [0.1, 0.15) is 5.60 Å².